The zero-order valence-electron chi connectivity index (χ0n) is 10.2. The Kier molecular flexibility index (Phi) is 3.56. The number of para-hydroxylation sites is 1. The highest BCUT2D eigenvalue weighted by atomic mass is 16.4. The number of phenols is 2. The fourth-order valence-electron chi connectivity index (χ4n) is 1.65. The van der Waals surface area contributed by atoms with Gasteiger partial charge in [0.25, 0.3) is 5.91 Å². The maximum absolute atomic E-state index is 11.9. The summed E-state index contributed by atoms with van der Waals surface area (Å²) in [4.78, 5) is 22.7. The summed E-state index contributed by atoms with van der Waals surface area (Å²) in [5, 5.41) is 30.5. The Labute approximate surface area is 113 Å². The van der Waals surface area contributed by atoms with Gasteiger partial charge in [0.05, 0.1) is 5.56 Å². The SMILES string of the molecule is O=C(O)c1cc(O)c(C(=O)Nc2ccccc2)cc1O. The molecule has 0 atom stereocenters. The molecule has 0 saturated heterocycles. The number of anilines is 1. The average molecular weight is 273 g/mol. The molecule has 0 saturated carbocycles. The highest BCUT2D eigenvalue weighted by Crippen LogP contribution is 2.27. The van der Waals surface area contributed by atoms with Gasteiger partial charge in [0, 0.05) is 5.69 Å². The second kappa shape index (κ2) is 5.31. The number of phenolic OH excluding ortho intramolecular Hbond substituents is 1. The van der Waals surface area contributed by atoms with E-state index in [0.717, 1.165) is 12.1 Å². The molecule has 4 N–H and O–H groups in total. The van der Waals surface area contributed by atoms with E-state index in [1.807, 2.05) is 0 Å². The third-order valence-electron chi connectivity index (χ3n) is 2.62. The summed E-state index contributed by atoms with van der Waals surface area (Å²) in [5.74, 6) is -3.16. The van der Waals surface area contributed by atoms with Crippen LogP contribution in [0.4, 0.5) is 5.69 Å². The van der Waals surface area contributed by atoms with Crippen LogP contribution in [0.2, 0.25) is 0 Å². The highest BCUT2D eigenvalue weighted by Gasteiger charge is 2.18. The summed E-state index contributed by atoms with van der Waals surface area (Å²) in [5.41, 5.74) is -0.172. The standard InChI is InChI=1S/C14H11NO5/c16-11-7-10(14(19)20)12(17)6-9(11)13(18)15-8-4-2-1-3-5-8/h1-7,16-17H,(H,15,18)(H,19,20). The minimum atomic E-state index is -1.40. The average Bonchev–Trinajstić information content (AvgIpc) is 2.41. The summed E-state index contributed by atoms with van der Waals surface area (Å²) in [6, 6.07) is 10.3. The smallest absolute Gasteiger partial charge is 0.339 e. The quantitative estimate of drug-likeness (QED) is 0.640. The predicted octanol–water partition coefficient (Wildman–Crippen LogP) is 2.05. The van der Waals surface area contributed by atoms with Crippen molar-refractivity contribution in [3.63, 3.8) is 0 Å². The van der Waals surface area contributed by atoms with Crippen molar-refractivity contribution in [1.29, 1.82) is 0 Å². The Morgan fingerprint density at radius 2 is 1.45 bits per heavy atom. The molecule has 0 heterocycles. The second-order valence-electron chi connectivity index (χ2n) is 4.01. The van der Waals surface area contributed by atoms with Gasteiger partial charge in [0.1, 0.15) is 17.1 Å². The molecular weight excluding hydrogens is 262 g/mol. The van der Waals surface area contributed by atoms with Crippen LogP contribution in [0.15, 0.2) is 42.5 Å². The molecule has 0 fully saturated rings. The minimum Gasteiger partial charge on any atom is -0.507 e. The fraction of sp³-hybridized carbons (Fsp3) is 0. The molecular formula is C14H11NO5. The Hall–Kier alpha value is -3.02. The number of hydrogen-bond acceptors (Lipinski definition) is 4. The molecule has 0 aliphatic rings. The van der Waals surface area contributed by atoms with Gasteiger partial charge in [0.15, 0.2) is 0 Å². The van der Waals surface area contributed by atoms with Gasteiger partial charge < -0.3 is 20.6 Å². The van der Waals surface area contributed by atoms with Crippen LogP contribution in [0.25, 0.3) is 0 Å². The van der Waals surface area contributed by atoms with Crippen LogP contribution in [0, 0.1) is 0 Å². The number of nitrogens with one attached hydrogen (secondary N) is 1. The monoisotopic (exact) mass is 273 g/mol. The number of amides is 1. The fourth-order valence-corrected chi connectivity index (χ4v) is 1.65. The number of carbonyl (C=O) groups excluding carboxylic acids is 1. The lowest BCUT2D eigenvalue weighted by molar-refractivity contribution is 0.0692. The van der Waals surface area contributed by atoms with Crippen LogP contribution < -0.4 is 5.32 Å². The van der Waals surface area contributed by atoms with E-state index in [2.05, 4.69) is 5.32 Å². The number of hydrogen-bond donors (Lipinski definition) is 4. The molecule has 6 heteroatoms. The number of aromatic hydroxyl groups is 2. The lowest BCUT2D eigenvalue weighted by Gasteiger charge is -2.08. The van der Waals surface area contributed by atoms with Crippen LogP contribution in [0.1, 0.15) is 20.7 Å². The zero-order valence-corrected chi connectivity index (χ0v) is 10.2. The molecule has 2 aromatic rings. The largest absolute Gasteiger partial charge is 0.507 e. The van der Waals surface area contributed by atoms with Crippen molar-refractivity contribution in [1.82, 2.24) is 0 Å². The first kappa shape index (κ1) is 13.4. The van der Waals surface area contributed by atoms with Crippen molar-refractivity contribution in [2.75, 3.05) is 5.32 Å². The number of aromatic carboxylic acids is 1. The van der Waals surface area contributed by atoms with Crippen LogP contribution in [-0.2, 0) is 0 Å². The highest BCUT2D eigenvalue weighted by molar-refractivity contribution is 6.07. The van der Waals surface area contributed by atoms with Gasteiger partial charge in [0.2, 0.25) is 0 Å². The summed E-state index contributed by atoms with van der Waals surface area (Å²) in [7, 11) is 0. The van der Waals surface area contributed by atoms with Crippen molar-refractivity contribution in [3.05, 3.63) is 53.6 Å². The van der Waals surface area contributed by atoms with Crippen molar-refractivity contribution >= 4 is 17.6 Å². The van der Waals surface area contributed by atoms with Crippen LogP contribution in [0.3, 0.4) is 0 Å². The van der Waals surface area contributed by atoms with Crippen molar-refractivity contribution in [3.8, 4) is 11.5 Å². The molecule has 0 radical (unpaired) electrons. The molecule has 0 spiro atoms. The molecule has 1 amide bonds. The van der Waals surface area contributed by atoms with Crippen molar-refractivity contribution < 1.29 is 24.9 Å². The maximum atomic E-state index is 11.9. The summed E-state index contributed by atoms with van der Waals surface area (Å²) < 4.78 is 0. The van der Waals surface area contributed by atoms with E-state index in [1.165, 1.54) is 0 Å². The molecule has 2 rings (SSSR count). The Morgan fingerprint density at radius 1 is 0.900 bits per heavy atom. The number of rotatable bonds is 3. The summed E-state index contributed by atoms with van der Waals surface area (Å²) in [6.45, 7) is 0. The normalized spacial score (nSPS) is 10.0. The zero-order chi connectivity index (χ0) is 14.7. The first-order chi connectivity index (χ1) is 9.49. The van der Waals surface area contributed by atoms with Crippen LogP contribution in [-0.4, -0.2) is 27.2 Å². The molecule has 6 nitrogen and oxygen atoms in total. The van der Waals surface area contributed by atoms with E-state index in [0.29, 0.717) is 5.69 Å². The number of carboxylic acid groups (broad SMARTS) is 1. The van der Waals surface area contributed by atoms with E-state index >= 15 is 0 Å². The molecule has 0 aliphatic heterocycles. The maximum Gasteiger partial charge on any atom is 0.339 e. The molecule has 0 aromatic heterocycles. The molecule has 2 aromatic carbocycles. The topological polar surface area (TPSA) is 107 Å². The van der Waals surface area contributed by atoms with Gasteiger partial charge in [-0.1, -0.05) is 18.2 Å². The van der Waals surface area contributed by atoms with E-state index < -0.39 is 28.9 Å². The molecule has 102 valence electrons. The minimum absolute atomic E-state index is 0.212. The lowest BCUT2D eigenvalue weighted by atomic mass is 10.1. The molecule has 0 bridgehead atoms. The van der Waals surface area contributed by atoms with Gasteiger partial charge in [-0.3, -0.25) is 4.79 Å². The van der Waals surface area contributed by atoms with Crippen molar-refractivity contribution in [2.24, 2.45) is 0 Å². The Balaban J connectivity index is 2.31. The summed E-state index contributed by atoms with van der Waals surface area (Å²) >= 11 is 0. The number of carboxylic acids is 1. The Bertz CT molecular complexity index is 667. The molecule has 20 heavy (non-hydrogen) atoms. The number of carbonyl (C=O) groups is 2. The lowest BCUT2D eigenvalue weighted by Crippen LogP contribution is -2.12. The van der Waals surface area contributed by atoms with E-state index in [9.17, 15) is 19.8 Å². The van der Waals surface area contributed by atoms with Crippen LogP contribution in [0.5, 0.6) is 11.5 Å². The predicted molar refractivity (Wildman–Crippen MR) is 71.1 cm³/mol. The van der Waals surface area contributed by atoms with Gasteiger partial charge >= 0.3 is 5.97 Å². The van der Waals surface area contributed by atoms with E-state index in [4.69, 9.17) is 5.11 Å². The Morgan fingerprint density at radius 3 is 2.05 bits per heavy atom. The van der Waals surface area contributed by atoms with Crippen molar-refractivity contribution in [2.45, 2.75) is 0 Å². The van der Waals surface area contributed by atoms with Gasteiger partial charge in [-0.15, -0.1) is 0 Å². The third-order valence-corrected chi connectivity index (χ3v) is 2.62. The first-order valence-electron chi connectivity index (χ1n) is 5.64. The summed E-state index contributed by atoms with van der Waals surface area (Å²) in [6.07, 6.45) is 0. The van der Waals surface area contributed by atoms with Gasteiger partial charge in [-0.05, 0) is 24.3 Å². The van der Waals surface area contributed by atoms with E-state index in [-0.39, 0.29) is 5.56 Å². The molecule has 0 aliphatic carbocycles. The van der Waals surface area contributed by atoms with Gasteiger partial charge in [-0.25, -0.2) is 4.79 Å². The number of benzene rings is 2. The van der Waals surface area contributed by atoms with Gasteiger partial charge in [-0.2, -0.15) is 0 Å². The second-order valence-corrected chi connectivity index (χ2v) is 4.01. The first-order valence-corrected chi connectivity index (χ1v) is 5.64. The van der Waals surface area contributed by atoms with Crippen LogP contribution >= 0.6 is 0 Å². The molecule has 0 unspecified atom stereocenters. The third kappa shape index (κ3) is 2.69. The van der Waals surface area contributed by atoms with E-state index in [1.54, 1.807) is 30.3 Å².